The minimum absolute atomic E-state index is 0.213. The highest BCUT2D eigenvalue weighted by molar-refractivity contribution is 6.86. The van der Waals surface area contributed by atoms with Gasteiger partial charge in [-0.25, -0.2) is 0 Å². The van der Waals surface area contributed by atoms with Crippen LogP contribution in [-0.2, 0) is 9.22 Å². The number of carbonyl (C=O) groups is 1. The van der Waals surface area contributed by atoms with Crippen molar-refractivity contribution in [2.24, 2.45) is 0 Å². The molecule has 1 rings (SSSR count). The molecule has 0 amide bonds. The summed E-state index contributed by atoms with van der Waals surface area (Å²) in [5, 5.41) is 1.13. The van der Waals surface area contributed by atoms with E-state index in [0.717, 1.165) is 11.2 Å². The Bertz CT molecular complexity index is 348. The van der Waals surface area contributed by atoms with E-state index in [1.807, 2.05) is 43.0 Å². The Kier molecular flexibility index (Phi) is 3.86. The molecule has 0 N–H and O–H groups in total. The van der Waals surface area contributed by atoms with Crippen molar-refractivity contribution in [3.63, 3.8) is 0 Å². The third-order valence-electron chi connectivity index (χ3n) is 2.29. The van der Waals surface area contributed by atoms with Crippen LogP contribution in [0.3, 0.4) is 0 Å². The Morgan fingerprint density at radius 3 is 2.53 bits per heavy atom. The molecule has 0 aliphatic carbocycles. The molecule has 1 unspecified atom stereocenters. The molecule has 80 valence electrons. The van der Waals surface area contributed by atoms with Crippen LogP contribution in [0.4, 0.5) is 0 Å². The SMILES string of the molecule is C=CC[Si](C)(OC(C)=O)c1ccccc1. The molecule has 0 saturated carbocycles. The molecule has 2 nitrogen and oxygen atoms in total. The van der Waals surface area contributed by atoms with Crippen LogP contribution in [0.1, 0.15) is 6.92 Å². The Morgan fingerprint density at radius 2 is 2.07 bits per heavy atom. The summed E-state index contributed by atoms with van der Waals surface area (Å²) in [7, 11) is -2.16. The van der Waals surface area contributed by atoms with Crippen LogP contribution in [0.5, 0.6) is 0 Å². The first-order chi connectivity index (χ1) is 7.08. The Balaban J connectivity index is 3.00. The average molecular weight is 220 g/mol. The van der Waals surface area contributed by atoms with Gasteiger partial charge in [0.15, 0.2) is 0 Å². The molecule has 3 heteroatoms. The summed E-state index contributed by atoms with van der Waals surface area (Å²) in [6, 6.07) is 10.7. The van der Waals surface area contributed by atoms with Crippen molar-refractivity contribution in [1.29, 1.82) is 0 Å². The zero-order chi connectivity index (χ0) is 11.3. The first-order valence-corrected chi connectivity index (χ1v) is 7.56. The largest absolute Gasteiger partial charge is 0.515 e. The highest BCUT2D eigenvalue weighted by atomic mass is 28.4. The van der Waals surface area contributed by atoms with Crippen LogP contribution in [-0.4, -0.2) is 14.3 Å². The van der Waals surface area contributed by atoms with Gasteiger partial charge < -0.3 is 4.43 Å². The van der Waals surface area contributed by atoms with Gasteiger partial charge in [-0.05, 0) is 17.8 Å². The van der Waals surface area contributed by atoms with E-state index in [2.05, 4.69) is 6.58 Å². The monoisotopic (exact) mass is 220 g/mol. The molecule has 1 aromatic carbocycles. The molecular weight excluding hydrogens is 204 g/mol. The summed E-state index contributed by atoms with van der Waals surface area (Å²) >= 11 is 0. The van der Waals surface area contributed by atoms with Gasteiger partial charge in [-0.1, -0.05) is 36.4 Å². The molecule has 0 aliphatic heterocycles. The van der Waals surface area contributed by atoms with Crippen molar-refractivity contribution in [3.8, 4) is 0 Å². The van der Waals surface area contributed by atoms with E-state index in [1.54, 1.807) is 0 Å². The average Bonchev–Trinajstić information content (AvgIpc) is 2.18. The molecule has 0 fully saturated rings. The fourth-order valence-electron chi connectivity index (χ4n) is 1.60. The van der Waals surface area contributed by atoms with Crippen LogP contribution in [0.15, 0.2) is 43.0 Å². The van der Waals surface area contributed by atoms with E-state index in [0.29, 0.717) is 0 Å². The zero-order valence-electron chi connectivity index (χ0n) is 9.19. The van der Waals surface area contributed by atoms with Gasteiger partial charge in [-0.15, -0.1) is 6.58 Å². The van der Waals surface area contributed by atoms with Gasteiger partial charge in [0.25, 0.3) is 14.3 Å². The van der Waals surface area contributed by atoms with Crippen LogP contribution < -0.4 is 5.19 Å². The Morgan fingerprint density at radius 1 is 1.47 bits per heavy atom. The Labute approximate surface area is 91.7 Å². The molecule has 1 aromatic rings. The maximum Gasteiger partial charge on any atom is 0.289 e. The normalized spacial score (nSPS) is 14.0. The maximum absolute atomic E-state index is 11.1. The van der Waals surface area contributed by atoms with Gasteiger partial charge in [0, 0.05) is 6.92 Å². The second kappa shape index (κ2) is 4.93. The third kappa shape index (κ3) is 3.06. The predicted molar refractivity (Wildman–Crippen MR) is 64.5 cm³/mol. The summed E-state index contributed by atoms with van der Waals surface area (Å²) in [5.74, 6) is -0.213. The van der Waals surface area contributed by atoms with Gasteiger partial charge in [-0.3, -0.25) is 4.79 Å². The number of allylic oxidation sites excluding steroid dienone is 1. The number of rotatable bonds is 4. The summed E-state index contributed by atoms with van der Waals surface area (Å²) in [4.78, 5) is 11.1. The van der Waals surface area contributed by atoms with Crippen molar-refractivity contribution < 1.29 is 9.22 Å². The quantitative estimate of drug-likeness (QED) is 0.574. The minimum Gasteiger partial charge on any atom is -0.515 e. The summed E-state index contributed by atoms with van der Waals surface area (Å²) < 4.78 is 5.49. The molecule has 0 spiro atoms. The molecular formula is C12H16O2Si. The number of carbonyl (C=O) groups excluding carboxylic acids is 1. The van der Waals surface area contributed by atoms with Gasteiger partial charge >= 0.3 is 0 Å². The molecule has 15 heavy (non-hydrogen) atoms. The van der Waals surface area contributed by atoms with Crippen molar-refractivity contribution >= 4 is 19.5 Å². The van der Waals surface area contributed by atoms with Crippen molar-refractivity contribution in [3.05, 3.63) is 43.0 Å². The second-order valence-corrected chi connectivity index (χ2v) is 7.33. The summed E-state index contributed by atoms with van der Waals surface area (Å²) in [5.41, 5.74) is 0. The lowest BCUT2D eigenvalue weighted by atomic mass is 10.4. The summed E-state index contributed by atoms with van der Waals surface area (Å²) in [6.45, 7) is 7.21. The van der Waals surface area contributed by atoms with E-state index in [-0.39, 0.29) is 5.97 Å². The second-order valence-electron chi connectivity index (χ2n) is 3.68. The smallest absolute Gasteiger partial charge is 0.289 e. The first kappa shape index (κ1) is 11.7. The van der Waals surface area contributed by atoms with Crippen LogP contribution in [0.2, 0.25) is 12.6 Å². The first-order valence-electron chi connectivity index (χ1n) is 4.94. The van der Waals surface area contributed by atoms with Crippen molar-refractivity contribution in [2.45, 2.75) is 19.5 Å². The van der Waals surface area contributed by atoms with Gasteiger partial charge in [0.05, 0.1) is 0 Å². The minimum atomic E-state index is -2.16. The third-order valence-corrected chi connectivity index (χ3v) is 5.65. The number of hydrogen-bond acceptors (Lipinski definition) is 2. The molecule has 1 atom stereocenters. The molecule has 0 heterocycles. The fraction of sp³-hybridized carbons (Fsp3) is 0.250. The van der Waals surface area contributed by atoms with Crippen LogP contribution in [0.25, 0.3) is 0 Å². The summed E-state index contributed by atoms with van der Waals surface area (Å²) in [6.07, 6.45) is 1.82. The van der Waals surface area contributed by atoms with Gasteiger partial charge in [0.2, 0.25) is 0 Å². The number of benzene rings is 1. The van der Waals surface area contributed by atoms with Crippen LogP contribution in [0, 0.1) is 0 Å². The zero-order valence-corrected chi connectivity index (χ0v) is 10.2. The highest BCUT2D eigenvalue weighted by Crippen LogP contribution is 2.12. The van der Waals surface area contributed by atoms with Crippen molar-refractivity contribution in [1.82, 2.24) is 0 Å². The lowest BCUT2D eigenvalue weighted by molar-refractivity contribution is -0.132. The maximum atomic E-state index is 11.1. The van der Waals surface area contributed by atoms with Gasteiger partial charge in [-0.2, -0.15) is 0 Å². The van der Waals surface area contributed by atoms with Gasteiger partial charge in [0.1, 0.15) is 0 Å². The van der Waals surface area contributed by atoms with E-state index < -0.39 is 8.32 Å². The molecule has 0 aliphatic rings. The van der Waals surface area contributed by atoms with E-state index in [9.17, 15) is 4.79 Å². The van der Waals surface area contributed by atoms with E-state index in [1.165, 1.54) is 6.92 Å². The topological polar surface area (TPSA) is 26.3 Å². The van der Waals surface area contributed by atoms with Crippen LogP contribution >= 0.6 is 0 Å². The van der Waals surface area contributed by atoms with Crippen molar-refractivity contribution in [2.75, 3.05) is 0 Å². The number of hydrogen-bond donors (Lipinski definition) is 0. The predicted octanol–water partition coefficient (Wildman–Crippen LogP) is 2.22. The molecule has 0 bridgehead atoms. The lowest BCUT2D eigenvalue weighted by Crippen LogP contribution is -2.48. The van der Waals surface area contributed by atoms with E-state index in [4.69, 9.17) is 4.43 Å². The molecule has 0 saturated heterocycles. The Hall–Kier alpha value is -1.35. The standard InChI is InChI=1S/C12H16O2Si/c1-4-10-15(3,14-11(2)13)12-8-6-5-7-9-12/h4-9H,1,10H2,2-3H3. The highest BCUT2D eigenvalue weighted by Gasteiger charge is 2.32. The lowest BCUT2D eigenvalue weighted by Gasteiger charge is -2.25. The molecule has 0 radical (unpaired) electrons. The fourth-order valence-corrected chi connectivity index (χ4v) is 4.12. The molecule has 0 aromatic heterocycles. The van der Waals surface area contributed by atoms with E-state index >= 15 is 0 Å².